The summed E-state index contributed by atoms with van der Waals surface area (Å²) >= 11 is -7.06. The summed E-state index contributed by atoms with van der Waals surface area (Å²) in [5.74, 6) is -26.1. The SMILES string of the molecule is CCCCCCC[O][Sn]([CH2]C(F)(F)C(F)(F)C(F)(F)F)([CH2]C(F)(F)C(F)(F)C(F)(F)F)[O]CCCCCCC. The molecule has 0 aromatic rings. The van der Waals surface area contributed by atoms with Crippen molar-refractivity contribution in [3.8, 4) is 0 Å². The van der Waals surface area contributed by atoms with Crippen LogP contribution in [0.4, 0.5) is 61.5 Å². The number of rotatable bonds is 20. The van der Waals surface area contributed by atoms with Crippen LogP contribution in [0.25, 0.3) is 0 Å². The fourth-order valence-electron chi connectivity index (χ4n) is 3.55. The maximum absolute atomic E-state index is 14.4. The van der Waals surface area contributed by atoms with Gasteiger partial charge in [0.25, 0.3) is 0 Å². The molecule has 0 aliphatic heterocycles. The van der Waals surface area contributed by atoms with Crippen LogP contribution >= 0.6 is 0 Å². The Labute approximate surface area is 223 Å². The molecule has 0 saturated heterocycles. The topological polar surface area (TPSA) is 18.5 Å². The Morgan fingerprint density at radius 3 is 0.974 bits per heavy atom. The van der Waals surface area contributed by atoms with Gasteiger partial charge in [-0.2, -0.15) is 0 Å². The molecule has 0 aliphatic rings. The van der Waals surface area contributed by atoms with E-state index >= 15 is 0 Å². The predicted octanol–water partition coefficient (Wildman–Crippen LogP) is 10.1. The third-order valence-corrected chi connectivity index (χ3v) is 15.6. The zero-order valence-electron chi connectivity index (χ0n) is 21.5. The number of alkyl halides is 14. The third kappa shape index (κ3) is 11.2. The summed E-state index contributed by atoms with van der Waals surface area (Å²) in [6.07, 6.45) is -9.87. The average molecular weight is 715 g/mol. The standard InChI is InChI=1S/2C7H15O.2C4H2F7.Sn/c2*1-2-3-4-5-6-7-8;2*1-2(5,6)3(7,8)4(9,10)11;/h2*2-7H2,1H3;2*1H2;/q2*-1;;;+2. The average Bonchev–Trinajstić information content (AvgIpc) is 2.76. The van der Waals surface area contributed by atoms with Crippen LogP contribution in [0.3, 0.4) is 0 Å². The van der Waals surface area contributed by atoms with E-state index in [1.807, 2.05) is 0 Å². The van der Waals surface area contributed by atoms with Crippen molar-refractivity contribution in [3.05, 3.63) is 0 Å². The molecule has 0 amide bonds. The van der Waals surface area contributed by atoms with Crippen LogP contribution in [0.1, 0.15) is 78.1 Å². The van der Waals surface area contributed by atoms with Crippen molar-refractivity contribution in [3.63, 3.8) is 0 Å². The minimum absolute atomic E-state index is 0.138. The first-order valence-electron chi connectivity index (χ1n) is 12.5. The molecule has 0 bridgehead atoms. The van der Waals surface area contributed by atoms with Gasteiger partial charge >= 0.3 is 223 Å². The molecule has 2 nitrogen and oxygen atoms in total. The molecule has 0 rings (SSSR count). The van der Waals surface area contributed by atoms with E-state index in [-0.39, 0.29) is 25.7 Å². The molecule has 0 aromatic heterocycles. The molecule has 0 radical (unpaired) electrons. The van der Waals surface area contributed by atoms with Crippen molar-refractivity contribution in [2.45, 2.75) is 123 Å². The van der Waals surface area contributed by atoms with Gasteiger partial charge in [0.2, 0.25) is 0 Å². The Morgan fingerprint density at radius 2 is 0.718 bits per heavy atom. The Morgan fingerprint density at radius 1 is 0.436 bits per heavy atom. The molecule has 0 aromatic carbocycles. The van der Waals surface area contributed by atoms with Crippen LogP contribution in [-0.4, -0.2) is 68.5 Å². The van der Waals surface area contributed by atoms with Crippen molar-refractivity contribution in [2.75, 3.05) is 13.2 Å². The number of unbranched alkanes of at least 4 members (excludes halogenated alkanes) is 8. The number of halogens is 14. The molecule has 39 heavy (non-hydrogen) atoms. The summed E-state index contributed by atoms with van der Waals surface area (Å²) in [5, 5.41) is 0. The number of hydrogen-bond acceptors (Lipinski definition) is 2. The van der Waals surface area contributed by atoms with Gasteiger partial charge in [-0.3, -0.25) is 0 Å². The molecule has 0 aliphatic carbocycles. The van der Waals surface area contributed by atoms with Crippen molar-refractivity contribution >= 4 is 19.2 Å². The van der Waals surface area contributed by atoms with Gasteiger partial charge in [0, 0.05) is 0 Å². The zero-order valence-corrected chi connectivity index (χ0v) is 24.4. The molecule has 0 saturated carbocycles. The van der Waals surface area contributed by atoms with Crippen molar-refractivity contribution in [2.24, 2.45) is 0 Å². The van der Waals surface area contributed by atoms with Gasteiger partial charge in [0.1, 0.15) is 0 Å². The summed E-state index contributed by atoms with van der Waals surface area (Å²) in [6, 6.07) is 0. The van der Waals surface area contributed by atoms with Gasteiger partial charge in [0.15, 0.2) is 0 Å². The van der Waals surface area contributed by atoms with Crippen LogP contribution < -0.4 is 0 Å². The third-order valence-electron chi connectivity index (χ3n) is 5.84. The molecule has 0 unspecified atom stereocenters. The summed E-state index contributed by atoms with van der Waals surface area (Å²) in [6.45, 7) is 1.93. The van der Waals surface area contributed by atoms with E-state index in [0.29, 0.717) is 38.5 Å². The van der Waals surface area contributed by atoms with E-state index in [9.17, 15) is 61.5 Å². The molecule has 0 atom stereocenters. The Bertz CT molecular complexity index is 637. The number of hydrogen-bond donors (Lipinski definition) is 0. The molecule has 0 heterocycles. The Kier molecular flexibility index (Phi) is 15.2. The summed E-state index contributed by atoms with van der Waals surface area (Å²) in [7, 11) is 0. The quantitative estimate of drug-likeness (QED) is 0.0710. The van der Waals surface area contributed by atoms with Gasteiger partial charge in [-0.05, 0) is 0 Å². The molecule has 0 N–H and O–H groups in total. The first kappa shape index (κ1) is 38.7. The first-order chi connectivity index (χ1) is 17.5. The monoisotopic (exact) mass is 716 g/mol. The fraction of sp³-hybridized carbons (Fsp3) is 1.00. The van der Waals surface area contributed by atoms with Gasteiger partial charge in [0.05, 0.1) is 0 Å². The van der Waals surface area contributed by atoms with Crippen LogP contribution in [-0.2, 0) is 6.15 Å². The molecule has 17 heteroatoms. The van der Waals surface area contributed by atoms with E-state index in [0.717, 1.165) is 0 Å². The van der Waals surface area contributed by atoms with E-state index in [2.05, 4.69) is 0 Å². The van der Waals surface area contributed by atoms with Gasteiger partial charge < -0.3 is 0 Å². The molecule has 236 valence electrons. The van der Waals surface area contributed by atoms with E-state index in [1.165, 1.54) is 0 Å². The molecule has 0 fully saturated rings. The van der Waals surface area contributed by atoms with E-state index in [1.54, 1.807) is 13.8 Å². The van der Waals surface area contributed by atoms with E-state index < -0.39 is 77.3 Å². The normalized spacial score (nSPS) is 14.8. The summed E-state index contributed by atoms with van der Waals surface area (Å²) < 4.78 is 193. The van der Waals surface area contributed by atoms with Gasteiger partial charge in [-0.25, -0.2) is 0 Å². The molecule has 0 spiro atoms. The predicted molar refractivity (Wildman–Crippen MR) is 117 cm³/mol. The Hall–Kier alpha value is -0.261. The second-order valence-electron chi connectivity index (χ2n) is 9.34. The molecular weight excluding hydrogens is 681 g/mol. The van der Waals surface area contributed by atoms with Crippen LogP contribution in [0, 0.1) is 0 Å². The summed E-state index contributed by atoms with van der Waals surface area (Å²) in [5.41, 5.74) is 0. The van der Waals surface area contributed by atoms with Crippen LogP contribution in [0.2, 0.25) is 8.87 Å². The van der Waals surface area contributed by atoms with Crippen LogP contribution in [0.5, 0.6) is 0 Å². The van der Waals surface area contributed by atoms with Crippen molar-refractivity contribution in [1.29, 1.82) is 0 Å². The molecular formula is C22H34F14O2Sn. The van der Waals surface area contributed by atoms with Gasteiger partial charge in [-0.1, -0.05) is 0 Å². The zero-order chi connectivity index (χ0) is 30.8. The van der Waals surface area contributed by atoms with Crippen LogP contribution in [0.15, 0.2) is 0 Å². The second kappa shape index (κ2) is 15.3. The van der Waals surface area contributed by atoms with Crippen molar-refractivity contribution < 1.29 is 67.6 Å². The van der Waals surface area contributed by atoms with E-state index in [4.69, 9.17) is 6.15 Å². The second-order valence-corrected chi connectivity index (χ2v) is 18.2. The summed E-state index contributed by atoms with van der Waals surface area (Å²) in [4.78, 5) is 0. The fourth-order valence-corrected chi connectivity index (χ4v) is 13.4. The van der Waals surface area contributed by atoms with Gasteiger partial charge in [-0.15, -0.1) is 0 Å². The van der Waals surface area contributed by atoms with Crippen molar-refractivity contribution in [1.82, 2.24) is 0 Å². The first-order valence-corrected chi connectivity index (χ1v) is 18.8. The Balaban J connectivity index is 6.45. The maximum atomic E-state index is 14.4. The minimum atomic E-state index is -7.06.